The van der Waals surface area contributed by atoms with Crippen LogP contribution in [-0.2, 0) is 0 Å². The second-order valence-corrected chi connectivity index (χ2v) is 6.55. The molecule has 2 nitrogen and oxygen atoms in total. The van der Waals surface area contributed by atoms with Crippen molar-refractivity contribution in [1.82, 2.24) is 0 Å². The fraction of sp³-hybridized carbons (Fsp3) is 0.600. The molecule has 3 atom stereocenters. The number of hydrogen-bond donors (Lipinski definition) is 1. The second kappa shape index (κ2) is 5.06. The summed E-state index contributed by atoms with van der Waals surface area (Å²) in [6.45, 7) is 0. The molecule has 1 aromatic carbocycles. The predicted octanol–water partition coefficient (Wildman–Crippen LogP) is 4.61. The topological polar surface area (TPSA) is 35.2 Å². The lowest BCUT2D eigenvalue weighted by Gasteiger charge is -2.46. The molecule has 1 fully saturated rings. The minimum Gasteiger partial charge on any atom is -0.487 e. The van der Waals surface area contributed by atoms with E-state index in [4.69, 9.17) is 22.1 Å². The van der Waals surface area contributed by atoms with Crippen molar-refractivity contribution in [3.8, 4) is 5.75 Å². The minimum atomic E-state index is -4.17. The van der Waals surface area contributed by atoms with Gasteiger partial charge in [0.05, 0.1) is 5.92 Å². The number of fused-ring (bicyclic) bond motifs is 1. The molecule has 116 valence electrons. The first-order valence-electron chi connectivity index (χ1n) is 7.10. The van der Waals surface area contributed by atoms with Gasteiger partial charge in [-0.25, -0.2) is 0 Å². The Balaban J connectivity index is 1.89. The third-order valence-corrected chi connectivity index (χ3v) is 4.79. The number of hydrogen-bond acceptors (Lipinski definition) is 2. The van der Waals surface area contributed by atoms with E-state index in [0.717, 1.165) is 5.56 Å². The molecular weight excluding hydrogens is 303 g/mol. The quantitative estimate of drug-likeness (QED) is 0.757. The number of nitrogens with two attached hydrogens (primary N) is 1. The molecule has 0 aromatic heterocycles. The highest BCUT2D eigenvalue weighted by atomic mass is 35.5. The maximum absolute atomic E-state index is 13.0. The molecule has 21 heavy (non-hydrogen) atoms. The van der Waals surface area contributed by atoms with Crippen LogP contribution in [-0.4, -0.2) is 11.8 Å². The van der Waals surface area contributed by atoms with E-state index in [1.165, 1.54) is 0 Å². The second-order valence-electron chi connectivity index (χ2n) is 6.11. The van der Waals surface area contributed by atoms with Crippen molar-refractivity contribution in [2.24, 2.45) is 11.7 Å². The number of halogens is 4. The summed E-state index contributed by atoms with van der Waals surface area (Å²) in [5.41, 5.74) is 6.14. The molecule has 2 N–H and O–H groups in total. The van der Waals surface area contributed by atoms with Gasteiger partial charge in [-0.2, -0.15) is 13.2 Å². The summed E-state index contributed by atoms with van der Waals surface area (Å²) in [4.78, 5) is 0. The molecular formula is C15H17ClF3NO. The summed E-state index contributed by atoms with van der Waals surface area (Å²) >= 11 is 5.94. The lowest BCUT2D eigenvalue weighted by molar-refractivity contribution is -0.199. The minimum absolute atomic E-state index is 0.00767. The molecule has 0 amide bonds. The first kappa shape index (κ1) is 15.0. The molecule has 0 bridgehead atoms. The van der Waals surface area contributed by atoms with Crippen LogP contribution in [0, 0.1) is 5.92 Å². The third-order valence-electron chi connectivity index (χ3n) is 4.56. The summed E-state index contributed by atoms with van der Waals surface area (Å²) in [6, 6.07) is 4.78. The molecule has 0 saturated heterocycles. The van der Waals surface area contributed by atoms with Crippen LogP contribution in [0.25, 0.3) is 0 Å². The Hall–Kier alpha value is -0.940. The molecule has 3 unspecified atom stereocenters. The van der Waals surface area contributed by atoms with E-state index in [1.54, 1.807) is 18.2 Å². The Labute approximate surface area is 126 Å². The van der Waals surface area contributed by atoms with Crippen molar-refractivity contribution >= 4 is 11.6 Å². The van der Waals surface area contributed by atoms with Crippen molar-refractivity contribution in [3.63, 3.8) is 0 Å². The van der Waals surface area contributed by atoms with E-state index in [1.807, 2.05) is 0 Å². The normalized spacial score (nSPS) is 32.6. The van der Waals surface area contributed by atoms with Crippen LogP contribution >= 0.6 is 11.6 Å². The first-order chi connectivity index (χ1) is 9.79. The van der Waals surface area contributed by atoms with E-state index in [0.29, 0.717) is 30.0 Å². The SMILES string of the molecule is NC1CC2(CCCC(C(F)(F)F)C2)Oc2ccc(Cl)cc21. The van der Waals surface area contributed by atoms with Crippen LogP contribution in [0.1, 0.15) is 43.7 Å². The molecule has 2 aliphatic rings. The third kappa shape index (κ3) is 2.86. The Kier molecular flexibility index (Phi) is 3.61. The fourth-order valence-electron chi connectivity index (χ4n) is 3.57. The van der Waals surface area contributed by atoms with Gasteiger partial charge in [-0.1, -0.05) is 11.6 Å². The van der Waals surface area contributed by atoms with Crippen LogP contribution in [0.4, 0.5) is 13.2 Å². The zero-order chi connectivity index (χ0) is 15.3. The standard InChI is InChI=1S/C15H17ClF3NO/c16-10-3-4-13-11(6-10)12(20)8-14(21-13)5-1-2-9(7-14)15(17,18)19/h3-4,6,9,12H,1-2,5,7-8,20H2. The first-order valence-corrected chi connectivity index (χ1v) is 7.48. The molecule has 1 saturated carbocycles. The molecule has 6 heteroatoms. The van der Waals surface area contributed by atoms with Crippen LogP contribution in [0.5, 0.6) is 5.75 Å². The van der Waals surface area contributed by atoms with E-state index >= 15 is 0 Å². The van der Waals surface area contributed by atoms with Gasteiger partial charge in [0.2, 0.25) is 0 Å². The number of benzene rings is 1. The summed E-state index contributed by atoms with van der Waals surface area (Å²) < 4.78 is 45.0. The average molecular weight is 320 g/mol. The van der Waals surface area contributed by atoms with Crippen molar-refractivity contribution < 1.29 is 17.9 Å². The maximum atomic E-state index is 13.0. The van der Waals surface area contributed by atoms with Crippen LogP contribution in [0.3, 0.4) is 0 Å². The monoisotopic (exact) mass is 319 g/mol. The van der Waals surface area contributed by atoms with E-state index in [9.17, 15) is 13.2 Å². The molecule has 1 aliphatic heterocycles. The van der Waals surface area contributed by atoms with Gasteiger partial charge in [-0.15, -0.1) is 0 Å². The molecule has 1 spiro atoms. The van der Waals surface area contributed by atoms with Gasteiger partial charge >= 0.3 is 6.18 Å². The summed E-state index contributed by atoms with van der Waals surface area (Å²) in [5, 5.41) is 0.556. The van der Waals surface area contributed by atoms with Gasteiger partial charge < -0.3 is 10.5 Å². The van der Waals surface area contributed by atoms with Crippen molar-refractivity contribution in [2.75, 3.05) is 0 Å². The van der Waals surface area contributed by atoms with Crippen LogP contribution in [0.2, 0.25) is 5.02 Å². The van der Waals surface area contributed by atoms with Crippen molar-refractivity contribution in [3.05, 3.63) is 28.8 Å². The van der Waals surface area contributed by atoms with Crippen molar-refractivity contribution in [1.29, 1.82) is 0 Å². The van der Waals surface area contributed by atoms with E-state index in [2.05, 4.69) is 0 Å². The van der Waals surface area contributed by atoms with Gasteiger partial charge in [-0.3, -0.25) is 0 Å². The Morgan fingerprint density at radius 3 is 2.76 bits per heavy atom. The van der Waals surface area contributed by atoms with Crippen LogP contribution < -0.4 is 10.5 Å². The summed E-state index contributed by atoms with van der Waals surface area (Å²) in [5.74, 6) is -0.728. The average Bonchev–Trinajstić information content (AvgIpc) is 2.39. The van der Waals surface area contributed by atoms with Crippen molar-refractivity contribution in [2.45, 2.75) is 49.9 Å². The summed E-state index contributed by atoms with van der Waals surface area (Å²) in [6.07, 6.45) is -2.45. The highest BCUT2D eigenvalue weighted by molar-refractivity contribution is 6.30. The van der Waals surface area contributed by atoms with Gasteiger partial charge in [0.15, 0.2) is 0 Å². The van der Waals surface area contributed by atoms with Gasteiger partial charge in [0.25, 0.3) is 0 Å². The fourth-order valence-corrected chi connectivity index (χ4v) is 3.75. The highest BCUT2D eigenvalue weighted by Gasteiger charge is 2.50. The number of rotatable bonds is 0. The molecule has 1 aromatic rings. The Bertz CT molecular complexity index is 548. The smallest absolute Gasteiger partial charge is 0.391 e. The largest absolute Gasteiger partial charge is 0.487 e. The number of ether oxygens (including phenoxy) is 1. The lowest BCUT2D eigenvalue weighted by atomic mass is 9.72. The number of alkyl halides is 3. The molecule has 1 aliphatic carbocycles. The van der Waals surface area contributed by atoms with E-state index in [-0.39, 0.29) is 18.9 Å². The predicted molar refractivity (Wildman–Crippen MR) is 74.4 cm³/mol. The highest BCUT2D eigenvalue weighted by Crippen LogP contribution is 2.50. The lowest BCUT2D eigenvalue weighted by Crippen LogP contribution is -2.48. The molecule has 1 heterocycles. The summed E-state index contributed by atoms with van der Waals surface area (Å²) in [7, 11) is 0. The zero-order valence-electron chi connectivity index (χ0n) is 11.4. The van der Waals surface area contributed by atoms with Gasteiger partial charge in [0, 0.05) is 23.0 Å². The maximum Gasteiger partial charge on any atom is 0.391 e. The zero-order valence-corrected chi connectivity index (χ0v) is 12.2. The van der Waals surface area contributed by atoms with Gasteiger partial charge in [-0.05, 0) is 43.9 Å². The van der Waals surface area contributed by atoms with Crippen LogP contribution in [0.15, 0.2) is 18.2 Å². The Morgan fingerprint density at radius 2 is 2.05 bits per heavy atom. The molecule has 0 radical (unpaired) electrons. The van der Waals surface area contributed by atoms with E-state index < -0.39 is 17.7 Å². The van der Waals surface area contributed by atoms with Gasteiger partial charge in [0.1, 0.15) is 11.4 Å². The Morgan fingerprint density at radius 1 is 1.29 bits per heavy atom. The molecule has 3 rings (SSSR count).